The first-order chi connectivity index (χ1) is 14.2. The first kappa shape index (κ1) is 22.2. The third kappa shape index (κ3) is 5.35. The van der Waals surface area contributed by atoms with E-state index in [4.69, 9.17) is 11.6 Å². The molecule has 0 saturated carbocycles. The minimum Gasteiger partial charge on any atom is -0.371 e. The lowest BCUT2D eigenvalue weighted by Gasteiger charge is -2.23. The van der Waals surface area contributed by atoms with Crippen LogP contribution in [0.5, 0.6) is 0 Å². The second kappa shape index (κ2) is 10.5. The molecule has 0 bridgehead atoms. The van der Waals surface area contributed by atoms with Gasteiger partial charge in [0.2, 0.25) is 0 Å². The number of hydrogen-bond acceptors (Lipinski definition) is 3. The maximum atomic E-state index is 12.4. The minimum absolute atomic E-state index is 0. The van der Waals surface area contributed by atoms with Crippen molar-refractivity contribution < 1.29 is 4.79 Å². The fraction of sp³-hybridized carbons (Fsp3) is 0.304. The van der Waals surface area contributed by atoms with Gasteiger partial charge >= 0.3 is 6.03 Å². The van der Waals surface area contributed by atoms with Crippen LogP contribution in [0.3, 0.4) is 0 Å². The molecule has 0 unspecified atom stereocenters. The lowest BCUT2D eigenvalue weighted by Crippen LogP contribution is -2.28. The molecule has 1 saturated heterocycles. The zero-order chi connectivity index (χ0) is 20.1. The van der Waals surface area contributed by atoms with E-state index >= 15 is 0 Å². The highest BCUT2D eigenvalue weighted by atomic mass is 35.5. The summed E-state index contributed by atoms with van der Waals surface area (Å²) in [6, 6.07) is 13.5. The van der Waals surface area contributed by atoms with E-state index in [-0.39, 0.29) is 18.4 Å². The Morgan fingerprint density at radius 3 is 2.63 bits per heavy atom. The molecule has 2 heterocycles. The monoisotopic (exact) mass is 444 g/mol. The molecule has 1 fully saturated rings. The third-order valence-corrected chi connectivity index (χ3v) is 5.73. The van der Waals surface area contributed by atoms with Crippen molar-refractivity contribution in [1.29, 1.82) is 0 Å². The van der Waals surface area contributed by atoms with Crippen molar-refractivity contribution in [3.63, 3.8) is 0 Å². The Bertz CT molecular complexity index is 998. The molecule has 30 heavy (non-hydrogen) atoms. The van der Waals surface area contributed by atoms with Gasteiger partial charge in [-0.15, -0.1) is 12.4 Å². The third-order valence-electron chi connectivity index (χ3n) is 5.38. The number of rotatable bonds is 4. The van der Waals surface area contributed by atoms with E-state index in [9.17, 15) is 4.79 Å². The van der Waals surface area contributed by atoms with Gasteiger partial charge in [0.1, 0.15) is 0 Å². The Labute approximate surface area is 188 Å². The number of nitrogens with zero attached hydrogens (tertiary/aromatic N) is 2. The smallest absolute Gasteiger partial charge is 0.319 e. The van der Waals surface area contributed by atoms with Gasteiger partial charge in [-0.25, -0.2) is 4.79 Å². The molecular weight excluding hydrogens is 419 g/mol. The molecule has 1 aromatic heterocycles. The summed E-state index contributed by atoms with van der Waals surface area (Å²) in [4.78, 5) is 18.9. The number of amides is 2. The summed E-state index contributed by atoms with van der Waals surface area (Å²) >= 11 is 6.51. The van der Waals surface area contributed by atoms with E-state index in [1.807, 2.05) is 36.4 Å². The Balaban J connectivity index is 0.00000256. The van der Waals surface area contributed by atoms with Gasteiger partial charge < -0.3 is 15.5 Å². The van der Waals surface area contributed by atoms with Gasteiger partial charge in [0.05, 0.1) is 5.69 Å². The summed E-state index contributed by atoms with van der Waals surface area (Å²) in [5.74, 6) is 0. The van der Waals surface area contributed by atoms with Crippen molar-refractivity contribution in [2.45, 2.75) is 32.2 Å². The molecule has 2 N–H and O–H groups in total. The summed E-state index contributed by atoms with van der Waals surface area (Å²) < 4.78 is 0. The van der Waals surface area contributed by atoms with Crippen LogP contribution in [-0.4, -0.2) is 24.1 Å². The predicted octanol–water partition coefficient (Wildman–Crippen LogP) is 6.01. The van der Waals surface area contributed by atoms with E-state index in [1.54, 1.807) is 12.4 Å². The van der Waals surface area contributed by atoms with Crippen LogP contribution in [-0.2, 0) is 6.54 Å². The number of urea groups is 1. The normalized spacial score (nSPS) is 14.0. The van der Waals surface area contributed by atoms with Gasteiger partial charge in [-0.3, -0.25) is 4.98 Å². The standard InChI is InChI=1S/C23H25ClN4O.ClH/c24-21-14-19(28-12-3-1-2-4-13-28)9-8-18(21)16-26-23(29)27-22-7-5-6-17-15-25-11-10-20(17)22;/h5-11,14-15H,1-4,12-13,16H2,(H2,26,27,29);1H. The Hall–Kier alpha value is -2.50. The first-order valence-electron chi connectivity index (χ1n) is 10.1. The number of fused-ring (bicyclic) bond motifs is 1. The zero-order valence-corrected chi connectivity index (χ0v) is 18.3. The van der Waals surface area contributed by atoms with Gasteiger partial charge in [-0.1, -0.05) is 42.6 Å². The molecule has 0 aliphatic carbocycles. The molecular formula is C23H26Cl2N4O. The number of anilines is 2. The molecule has 158 valence electrons. The van der Waals surface area contributed by atoms with Gasteiger partial charge in [-0.2, -0.15) is 0 Å². The van der Waals surface area contributed by atoms with Crippen molar-refractivity contribution in [2.75, 3.05) is 23.3 Å². The molecule has 7 heteroatoms. The van der Waals surface area contributed by atoms with E-state index in [2.05, 4.69) is 26.6 Å². The van der Waals surface area contributed by atoms with E-state index in [1.165, 1.54) is 25.7 Å². The molecule has 0 spiro atoms. The maximum absolute atomic E-state index is 12.4. The van der Waals surface area contributed by atoms with Crippen molar-refractivity contribution in [1.82, 2.24) is 10.3 Å². The lowest BCUT2D eigenvalue weighted by molar-refractivity contribution is 0.252. The first-order valence-corrected chi connectivity index (χ1v) is 10.5. The number of nitrogens with one attached hydrogen (secondary N) is 2. The summed E-state index contributed by atoms with van der Waals surface area (Å²) in [5, 5.41) is 8.44. The van der Waals surface area contributed by atoms with Crippen molar-refractivity contribution in [2.24, 2.45) is 0 Å². The second-order valence-electron chi connectivity index (χ2n) is 7.39. The van der Waals surface area contributed by atoms with Crippen LogP contribution in [0, 0.1) is 0 Å². The molecule has 3 aromatic rings. The largest absolute Gasteiger partial charge is 0.371 e. The van der Waals surface area contributed by atoms with Gasteiger partial charge in [-0.05, 0) is 42.7 Å². The van der Waals surface area contributed by atoms with Crippen LogP contribution in [0.2, 0.25) is 5.02 Å². The Morgan fingerprint density at radius 2 is 1.87 bits per heavy atom. The van der Waals surface area contributed by atoms with Crippen LogP contribution < -0.4 is 15.5 Å². The van der Waals surface area contributed by atoms with Crippen LogP contribution in [0.15, 0.2) is 54.9 Å². The number of carbonyl (C=O) groups is 1. The maximum Gasteiger partial charge on any atom is 0.319 e. The average molecular weight is 445 g/mol. The highest BCUT2D eigenvalue weighted by Crippen LogP contribution is 2.26. The summed E-state index contributed by atoms with van der Waals surface area (Å²) in [6.07, 6.45) is 8.56. The predicted molar refractivity (Wildman–Crippen MR) is 127 cm³/mol. The molecule has 0 atom stereocenters. The summed E-state index contributed by atoms with van der Waals surface area (Å²) in [5.41, 5.74) is 2.82. The molecule has 1 aliphatic heterocycles. The SMILES string of the molecule is Cl.O=C(NCc1ccc(N2CCCCCC2)cc1Cl)Nc1cccc2cnccc12. The number of benzene rings is 2. The van der Waals surface area contributed by atoms with Crippen molar-refractivity contribution in [3.8, 4) is 0 Å². The summed E-state index contributed by atoms with van der Waals surface area (Å²) in [6.45, 7) is 2.53. The molecule has 2 amide bonds. The number of halogens is 2. The molecule has 4 rings (SSSR count). The van der Waals surface area contributed by atoms with E-state index < -0.39 is 0 Å². The number of pyridine rings is 1. The van der Waals surface area contributed by atoms with Crippen molar-refractivity contribution >= 4 is 52.2 Å². The fourth-order valence-electron chi connectivity index (χ4n) is 3.78. The van der Waals surface area contributed by atoms with Crippen LogP contribution in [0.25, 0.3) is 10.8 Å². The molecule has 1 aliphatic rings. The van der Waals surface area contributed by atoms with Crippen LogP contribution >= 0.6 is 24.0 Å². The molecule has 5 nitrogen and oxygen atoms in total. The van der Waals surface area contributed by atoms with Crippen molar-refractivity contribution in [3.05, 3.63) is 65.4 Å². The zero-order valence-electron chi connectivity index (χ0n) is 16.7. The lowest BCUT2D eigenvalue weighted by atomic mass is 10.1. The summed E-state index contributed by atoms with van der Waals surface area (Å²) in [7, 11) is 0. The van der Waals surface area contributed by atoms with Gasteiger partial charge in [0, 0.05) is 53.5 Å². The molecule has 0 radical (unpaired) electrons. The van der Waals surface area contributed by atoms with Crippen LogP contribution in [0.4, 0.5) is 16.2 Å². The number of aromatic nitrogens is 1. The van der Waals surface area contributed by atoms with Gasteiger partial charge in [0.15, 0.2) is 0 Å². The molecule has 2 aromatic carbocycles. The van der Waals surface area contributed by atoms with E-state index in [0.717, 1.165) is 40.8 Å². The second-order valence-corrected chi connectivity index (χ2v) is 7.79. The number of carbonyl (C=O) groups excluding carboxylic acids is 1. The fourth-order valence-corrected chi connectivity index (χ4v) is 4.02. The quantitative estimate of drug-likeness (QED) is 0.517. The highest BCUT2D eigenvalue weighted by Gasteiger charge is 2.12. The topological polar surface area (TPSA) is 57.3 Å². The van der Waals surface area contributed by atoms with E-state index in [0.29, 0.717) is 11.6 Å². The van der Waals surface area contributed by atoms with Crippen LogP contribution in [0.1, 0.15) is 31.2 Å². The Morgan fingerprint density at radius 1 is 1.07 bits per heavy atom. The average Bonchev–Trinajstić information content (AvgIpc) is 3.03. The number of hydrogen-bond donors (Lipinski definition) is 2. The van der Waals surface area contributed by atoms with Gasteiger partial charge in [0.25, 0.3) is 0 Å². The Kier molecular flexibility index (Phi) is 7.77. The minimum atomic E-state index is -0.262. The highest BCUT2D eigenvalue weighted by molar-refractivity contribution is 6.31.